The Kier molecular flexibility index (Phi) is 5.83. The van der Waals surface area contributed by atoms with E-state index in [0.717, 1.165) is 44.8 Å². The zero-order valence-electron chi connectivity index (χ0n) is 12.4. The van der Waals surface area contributed by atoms with Crippen LogP contribution in [0.4, 0.5) is 0 Å². The predicted molar refractivity (Wildman–Crippen MR) is 76.2 cm³/mol. The van der Waals surface area contributed by atoms with Gasteiger partial charge in [0.15, 0.2) is 0 Å². The van der Waals surface area contributed by atoms with Gasteiger partial charge in [0.25, 0.3) is 0 Å². The van der Waals surface area contributed by atoms with Crippen LogP contribution >= 0.6 is 0 Å². The highest BCUT2D eigenvalue weighted by molar-refractivity contribution is 5.80. The van der Waals surface area contributed by atoms with Crippen molar-refractivity contribution in [2.24, 2.45) is 5.92 Å². The van der Waals surface area contributed by atoms with Gasteiger partial charge in [-0.25, -0.2) is 0 Å². The van der Waals surface area contributed by atoms with E-state index in [-0.39, 0.29) is 17.9 Å². The summed E-state index contributed by atoms with van der Waals surface area (Å²) < 4.78 is 5.35. The molecule has 0 aromatic heterocycles. The highest BCUT2D eigenvalue weighted by Crippen LogP contribution is 2.21. The first-order valence-electron chi connectivity index (χ1n) is 7.80. The van der Waals surface area contributed by atoms with Crippen molar-refractivity contribution >= 4 is 11.8 Å². The van der Waals surface area contributed by atoms with E-state index >= 15 is 0 Å². The van der Waals surface area contributed by atoms with Gasteiger partial charge in [0.05, 0.1) is 0 Å². The highest BCUT2D eigenvalue weighted by Gasteiger charge is 2.25. The molecule has 2 saturated heterocycles. The zero-order chi connectivity index (χ0) is 14.4. The molecule has 2 aliphatic rings. The lowest BCUT2D eigenvalue weighted by Crippen LogP contribution is -2.39. The van der Waals surface area contributed by atoms with Crippen molar-refractivity contribution in [1.82, 2.24) is 10.2 Å². The molecule has 2 fully saturated rings. The van der Waals surface area contributed by atoms with Gasteiger partial charge in [0, 0.05) is 45.2 Å². The zero-order valence-corrected chi connectivity index (χ0v) is 12.4. The summed E-state index contributed by atoms with van der Waals surface area (Å²) in [6, 6.07) is 0.0214. The number of carbonyl (C=O) groups excluding carboxylic acids is 2. The Bertz CT molecular complexity index is 340. The van der Waals surface area contributed by atoms with Gasteiger partial charge in [-0.05, 0) is 38.5 Å². The minimum Gasteiger partial charge on any atom is -0.381 e. The third-order valence-corrected chi connectivity index (χ3v) is 4.35. The van der Waals surface area contributed by atoms with Crippen molar-refractivity contribution in [3.05, 3.63) is 0 Å². The molecule has 2 heterocycles. The van der Waals surface area contributed by atoms with Crippen LogP contribution in [0.5, 0.6) is 0 Å². The SMILES string of the molecule is CC1CC(=O)NCCN1C(=O)CCCC1CCOCC1. The van der Waals surface area contributed by atoms with Gasteiger partial charge >= 0.3 is 0 Å². The van der Waals surface area contributed by atoms with E-state index in [0.29, 0.717) is 25.9 Å². The van der Waals surface area contributed by atoms with Crippen LogP contribution in [0.15, 0.2) is 0 Å². The van der Waals surface area contributed by atoms with E-state index < -0.39 is 0 Å². The second-order valence-corrected chi connectivity index (χ2v) is 5.94. The van der Waals surface area contributed by atoms with Crippen molar-refractivity contribution in [1.29, 1.82) is 0 Å². The second kappa shape index (κ2) is 7.62. The van der Waals surface area contributed by atoms with E-state index in [9.17, 15) is 9.59 Å². The molecule has 1 unspecified atom stereocenters. The topological polar surface area (TPSA) is 58.6 Å². The lowest BCUT2D eigenvalue weighted by Gasteiger charge is -2.27. The molecule has 1 N–H and O–H groups in total. The van der Waals surface area contributed by atoms with Gasteiger partial charge in [-0.2, -0.15) is 0 Å². The molecule has 2 aliphatic heterocycles. The molecule has 0 spiro atoms. The van der Waals surface area contributed by atoms with Crippen LogP contribution in [0, 0.1) is 5.92 Å². The minimum absolute atomic E-state index is 0.0214. The summed E-state index contributed by atoms with van der Waals surface area (Å²) in [5.74, 6) is 0.970. The van der Waals surface area contributed by atoms with Gasteiger partial charge in [0.1, 0.15) is 0 Å². The summed E-state index contributed by atoms with van der Waals surface area (Å²) in [6.45, 7) is 4.92. The maximum absolute atomic E-state index is 12.3. The third kappa shape index (κ3) is 4.47. The fourth-order valence-electron chi connectivity index (χ4n) is 3.08. The molecule has 20 heavy (non-hydrogen) atoms. The van der Waals surface area contributed by atoms with Crippen LogP contribution < -0.4 is 5.32 Å². The first-order valence-corrected chi connectivity index (χ1v) is 7.80. The van der Waals surface area contributed by atoms with Crippen molar-refractivity contribution in [3.8, 4) is 0 Å². The molecule has 114 valence electrons. The summed E-state index contributed by atoms with van der Waals surface area (Å²) in [4.78, 5) is 25.6. The Labute approximate surface area is 121 Å². The predicted octanol–water partition coefficient (Wildman–Crippen LogP) is 1.32. The van der Waals surface area contributed by atoms with E-state index in [1.807, 2.05) is 11.8 Å². The van der Waals surface area contributed by atoms with E-state index in [1.165, 1.54) is 0 Å². The van der Waals surface area contributed by atoms with E-state index in [1.54, 1.807) is 0 Å². The fourth-order valence-corrected chi connectivity index (χ4v) is 3.08. The standard InChI is InChI=1S/C15H26N2O3/c1-12-11-14(18)16-7-8-17(12)15(19)4-2-3-13-5-9-20-10-6-13/h12-13H,2-11H2,1H3,(H,16,18). The summed E-state index contributed by atoms with van der Waals surface area (Å²) in [5.41, 5.74) is 0. The molecule has 5 nitrogen and oxygen atoms in total. The fraction of sp³-hybridized carbons (Fsp3) is 0.867. The van der Waals surface area contributed by atoms with E-state index in [2.05, 4.69) is 5.32 Å². The van der Waals surface area contributed by atoms with Crippen LogP contribution in [0.25, 0.3) is 0 Å². The lowest BCUT2D eigenvalue weighted by molar-refractivity contribution is -0.133. The number of carbonyl (C=O) groups is 2. The van der Waals surface area contributed by atoms with Gasteiger partial charge in [-0.1, -0.05) is 0 Å². The molecule has 0 saturated carbocycles. The Hall–Kier alpha value is -1.10. The number of nitrogens with zero attached hydrogens (tertiary/aromatic N) is 1. The Balaban J connectivity index is 1.71. The smallest absolute Gasteiger partial charge is 0.222 e. The molecule has 0 aromatic rings. The Morgan fingerprint density at radius 1 is 1.40 bits per heavy atom. The Morgan fingerprint density at radius 3 is 2.90 bits per heavy atom. The average Bonchev–Trinajstić information content (AvgIpc) is 2.60. The number of amides is 2. The monoisotopic (exact) mass is 282 g/mol. The van der Waals surface area contributed by atoms with Gasteiger partial charge in [-0.15, -0.1) is 0 Å². The molecule has 2 rings (SSSR count). The number of hydrogen-bond donors (Lipinski definition) is 1. The quantitative estimate of drug-likeness (QED) is 0.846. The molecule has 5 heteroatoms. The average molecular weight is 282 g/mol. The largest absolute Gasteiger partial charge is 0.381 e. The highest BCUT2D eigenvalue weighted by atomic mass is 16.5. The second-order valence-electron chi connectivity index (χ2n) is 5.94. The first kappa shape index (κ1) is 15.3. The molecule has 0 radical (unpaired) electrons. The molecule has 1 atom stereocenters. The summed E-state index contributed by atoms with van der Waals surface area (Å²) >= 11 is 0. The molecular weight excluding hydrogens is 256 g/mol. The van der Waals surface area contributed by atoms with Crippen LogP contribution in [-0.2, 0) is 14.3 Å². The van der Waals surface area contributed by atoms with Gasteiger partial charge < -0.3 is 15.0 Å². The van der Waals surface area contributed by atoms with Crippen LogP contribution in [0.2, 0.25) is 0 Å². The number of ether oxygens (including phenoxy) is 1. The van der Waals surface area contributed by atoms with Crippen molar-refractivity contribution in [2.45, 2.75) is 51.5 Å². The Morgan fingerprint density at radius 2 is 2.15 bits per heavy atom. The van der Waals surface area contributed by atoms with Crippen LogP contribution in [0.1, 0.15) is 45.4 Å². The van der Waals surface area contributed by atoms with Crippen molar-refractivity contribution < 1.29 is 14.3 Å². The van der Waals surface area contributed by atoms with Gasteiger partial charge in [0.2, 0.25) is 11.8 Å². The van der Waals surface area contributed by atoms with E-state index in [4.69, 9.17) is 4.74 Å². The summed E-state index contributed by atoms with van der Waals surface area (Å²) in [5, 5.41) is 2.82. The van der Waals surface area contributed by atoms with Crippen molar-refractivity contribution in [3.63, 3.8) is 0 Å². The normalized spacial score (nSPS) is 25.1. The van der Waals surface area contributed by atoms with Crippen LogP contribution in [0.3, 0.4) is 0 Å². The van der Waals surface area contributed by atoms with Gasteiger partial charge in [-0.3, -0.25) is 9.59 Å². The maximum atomic E-state index is 12.3. The minimum atomic E-state index is 0.0214. The summed E-state index contributed by atoms with van der Waals surface area (Å²) in [6.07, 6.45) is 5.36. The molecular formula is C15H26N2O3. The third-order valence-electron chi connectivity index (χ3n) is 4.35. The molecule has 2 amide bonds. The van der Waals surface area contributed by atoms with Crippen LogP contribution in [-0.4, -0.2) is 49.1 Å². The number of rotatable bonds is 4. The lowest BCUT2D eigenvalue weighted by atomic mass is 9.94. The molecule has 0 bridgehead atoms. The number of hydrogen-bond acceptors (Lipinski definition) is 3. The molecule has 0 aromatic carbocycles. The maximum Gasteiger partial charge on any atom is 0.222 e. The first-order chi connectivity index (χ1) is 9.66. The van der Waals surface area contributed by atoms with Crippen molar-refractivity contribution in [2.75, 3.05) is 26.3 Å². The number of nitrogens with one attached hydrogen (secondary N) is 1. The summed E-state index contributed by atoms with van der Waals surface area (Å²) in [7, 11) is 0. The molecule has 0 aliphatic carbocycles.